The number of nitrogens with one attached hydrogen (secondary N) is 1. The highest BCUT2D eigenvalue weighted by atomic mass is 16.4. The molecule has 80 valence electrons. The van der Waals surface area contributed by atoms with Crippen molar-refractivity contribution in [3.63, 3.8) is 0 Å². The first kappa shape index (κ1) is 10.9. The number of carboxylic acids is 1. The second-order valence-corrected chi connectivity index (χ2v) is 3.57. The molecular weight excluding hydrogens is 188 g/mol. The van der Waals surface area contributed by atoms with Gasteiger partial charge in [0.05, 0.1) is 0 Å². The summed E-state index contributed by atoms with van der Waals surface area (Å²) in [6, 6.07) is -0.907. The van der Waals surface area contributed by atoms with Gasteiger partial charge in [0.2, 0.25) is 5.91 Å². The predicted octanol–water partition coefficient (Wildman–Crippen LogP) is -1.22. The van der Waals surface area contributed by atoms with Crippen LogP contribution in [0.3, 0.4) is 0 Å². The number of rotatable bonds is 6. The van der Waals surface area contributed by atoms with Crippen LogP contribution in [-0.2, 0) is 9.59 Å². The van der Waals surface area contributed by atoms with Gasteiger partial charge in [0.1, 0.15) is 11.8 Å². The first-order valence-corrected chi connectivity index (χ1v) is 4.44. The van der Waals surface area contributed by atoms with E-state index in [0.29, 0.717) is 12.8 Å². The normalized spacial score (nSPS) is 20.1. The number of hydrogen-bond acceptors (Lipinski definition) is 4. The molecular formula is C8H14N2O4. The number of carbonyl (C=O) groups is 2. The summed E-state index contributed by atoms with van der Waals surface area (Å²) in [6.07, 6.45) is 1.20. The number of carboxylic acid groups (broad SMARTS) is 1. The zero-order chi connectivity index (χ0) is 10.8. The van der Waals surface area contributed by atoms with Crippen LogP contribution in [0.2, 0.25) is 0 Å². The molecule has 0 spiro atoms. The van der Waals surface area contributed by atoms with Crippen LogP contribution in [0, 0.1) is 0 Å². The first-order chi connectivity index (χ1) is 6.43. The first-order valence-electron chi connectivity index (χ1n) is 4.44. The zero-order valence-electron chi connectivity index (χ0n) is 7.69. The van der Waals surface area contributed by atoms with Gasteiger partial charge in [0.15, 0.2) is 0 Å². The molecule has 1 aliphatic carbocycles. The molecule has 1 atom stereocenters. The van der Waals surface area contributed by atoms with Crippen LogP contribution in [0.1, 0.15) is 25.7 Å². The van der Waals surface area contributed by atoms with Gasteiger partial charge in [-0.1, -0.05) is 0 Å². The molecule has 0 radical (unpaired) electrons. The van der Waals surface area contributed by atoms with Gasteiger partial charge < -0.3 is 15.9 Å². The Morgan fingerprint density at radius 3 is 2.43 bits per heavy atom. The minimum absolute atomic E-state index is 0.0000463. The van der Waals surface area contributed by atoms with Crippen LogP contribution in [-0.4, -0.2) is 33.9 Å². The molecule has 1 aliphatic rings. The molecule has 0 bridgehead atoms. The molecule has 1 amide bonds. The Kier molecular flexibility index (Phi) is 3.07. The lowest BCUT2D eigenvalue weighted by Crippen LogP contribution is -2.45. The molecule has 0 saturated heterocycles. The quantitative estimate of drug-likeness (QED) is 0.403. The van der Waals surface area contributed by atoms with Crippen molar-refractivity contribution in [3.8, 4) is 0 Å². The molecule has 0 aromatic carbocycles. The Bertz CT molecular complexity index is 250. The average Bonchev–Trinajstić information content (AvgIpc) is 2.77. The molecule has 6 nitrogen and oxygen atoms in total. The Morgan fingerprint density at radius 1 is 1.50 bits per heavy atom. The van der Waals surface area contributed by atoms with Crippen molar-refractivity contribution < 1.29 is 19.8 Å². The lowest BCUT2D eigenvalue weighted by atomic mass is 10.1. The molecule has 6 heteroatoms. The van der Waals surface area contributed by atoms with Gasteiger partial charge in [0.25, 0.3) is 0 Å². The van der Waals surface area contributed by atoms with Crippen molar-refractivity contribution in [3.05, 3.63) is 0 Å². The molecule has 14 heavy (non-hydrogen) atoms. The van der Waals surface area contributed by atoms with Gasteiger partial charge >= 0.3 is 5.97 Å². The van der Waals surface area contributed by atoms with Crippen molar-refractivity contribution in [2.75, 3.05) is 0 Å². The summed E-state index contributed by atoms with van der Waals surface area (Å²) in [5, 5.41) is 20.7. The standard InChI is InChI=1S/C8H14N2O4/c9-6(11)2-1-5(7(12)13)10-8(14)3-4-8/h5,10,14H,1-4H2,(H2,9,11)(H,12,13)/t5-/m0/s1. The monoisotopic (exact) mass is 202 g/mol. The van der Waals surface area contributed by atoms with Crippen LogP contribution >= 0.6 is 0 Å². The van der Waals surface area contributed by atoms with Gasteiger partial charge in [-0.25, -0.2) is 0 Å². The molecule has 0 aromatic heterocycles. The SMILES string of the molecule is NC(=O)CC[C@H](NC1(O)CC1)C(=O)O. The Balaban J connectivity index is 2.39. The van der Waals surface area contributed by atoms with Crippen LogP contribution in [0.5, 0.6) is 0 Å². The number of aliphatic carboxylic acids is 1. The molecule has 1 saturated carbocycles. The minimum atomic E-state index is -1.08. The van der Waals surface area contributed by atoms with Crippen molar-refractivity contribution in [2.24, 2.45) is 5.73 Å². The van der Waals surface area contributed by atoms with E-state index in [2.05, 4.69) is 5.32 Å². The van der Waals surface area contributed by atoms with E-state index in [0.717, 1.165) is 0 Å². The molecule has 0 aliphatic heterocycles. The molecule has 0 heterocycles. The number of aliphatic hydroxyl groups is 1. The molecule has 0 unspecified atom stereocenters. The summed E-state index contributed by atoms with van der Waals surface area (Å²) >= 11 is 0. The van der Waals surface area contributed by atoms with E-state index in [4.69, 9.17) is 10.8 Å². The summed E-state index contributed by atoms with van der Waals surface area (Å²) in [4.78, 5) is 21.1. The van der Waals surface area contributed by atoms with Gasteiger partial charge in [0, 0.05) is 6.42 Å². The summed E-state index contributed by atoms with van der Waals surface area (Å²) in [7, 11) is 0. The van der Waals surface area contributed by atoms with E-state index in [9.17, 15) is 14.7 Å². The summed E-state index contributed by atoms with van der Waals surface area (Å²) in [6.45, 7) is 0. The van der Waals surface area contributed by atoms with Gasteiger partial charge in [-0.3, -0.25) is 14.9 Å². The average molecular weight is 202 g/mol. The minimum Gasteiger partial charge on any atom is -0.480 e. The van der Waals surface area contributed by atoms with Crippen molar-refractivity contribution in [1.29, 1.82) is 0 Å². The molecule has 0 aromatic rings. The second kappa shape index (κ2) is 3.93. The van der Waals surface area contributed by atoms with Gasteiger partial charge in [-0.05, 0) is 19.3 Å². The number of nitrogens with two attached hydrogens (primary N) is 1. The number of primary amides is 1. The topological polar surface area (TPSA) is 113 Å². The Morgan fingerprint density at radius 2 is 2.07 bits per heavy atom. The van der Waals surface area contributed by atoms with E-state index < -0.39 is 23.6 Å². The van der Waals surface area contributed by atoms with Crippen LogP contribution in [0.15, 0.2) is 0 Å². The van der Waals surface area contributed by atoms with Crippen molar-refractivity contribution in [1.82, 2.24) is 5.32 Å². The van der Waals surface area contributed by atoms with Crippen molar-refractivity contribution >= 4 is 11.9 Å². The lowest BCUT2D eigenvalue weighted by Gasteiger charge is -2.17. The smallest absolute Gasteiger partial charge is 0.320 e. The highest BCUT2D eigenvalue weighted by Gasteiger charge is 2.43. The van der Waals surface area contributed by atoms with Gasteiger partial charge in [-0.15, -0.1) is 0 Å². The van der Waals surface area contributed by atoms with E-state index in [1.54, 1.807) is 0 Å². The predicted molar refractivity (Wildman–Crippen MR) is 47.2 cm³/mol. The fourth-order valence-electron chi connectivity index (χ4n) is 1.13. The molecule has 1 rings (SSSR count). The maximum absolute atomic E-state index is 10.7. The highest BCUT2D eigenvalue weighted by molar-refractivity contribution is 5.77. The third-order valence-corrected chi connectivity index (χ3v) is 2.14. The Hall–Kier alpha value is -1.14. The van der Waals surface area contributed by atoms with Crippen molar-refractivity contribution in [2.45, 2.75) is 37.5 Å². The van der Waals surface area contributed by atoms with Gasteiger partial charge in [-0.2, -0.15) is 0 Å². The summed E-state index contributed by atoms with van der Waals surface area (Å²) < 4.78 is 0. The third-order valence-electron chi connectivity index (χ3n) is 2.14. The number of hydrogen-bond donors (Lipinski definition) is 4. The number of carbonyl (C=O) groups excluding carboxylic acids is 1. The molecule has 1 fully saturated rings. The fraction of sp³-hybridized carbons (Fsp3) is 0.750. The lowest BCUT2D eigenvalue weighted by molar-refractivity contribution is -0.141. The summed E-state index contributed by atoms with van der Waals surface area (Å²) in [5.41, 5.74) is 3.86. The number of amides is 1. The van der Waals surface area contributed by atoms with E-state index >= 15 is 0 Å². The van der Waals surface area contributed by atoms with E-state index in [1.165, 1.54) is 0 Å². The zero-order valence-corrected chi connectivity index (χ0v) is 7.69. The van der Waals surface area contributed by atoms with Crippen LogP contribution in [0.25, 0.3) is 0 Å². The maximum atomic E-state index is 10.7. The van der Waals surface area contributed by atoms with Crippen LogP contribution in [0.4, 0.5) is 0 Å². The Labute approximate surface area is 81.1 Å². The molecule has 5 N–H and O–H groups in total. The third kappa shape index (κ3) is 3.31. The van der Waals surface area contributed by atoms with Crippen LogP contribution < -0.4 is 11.1 Å². The summed E-state index contributed by atoms with van der Waals surface area (Å²) in [5.74, 6) is -1.62. The van der Waals surface area contributed by atoms with E-state index in [-0.39, 0.29) is 12.8 Å². The van der Waals surface area contributed by atoms with E-state index in [1.807, 2.05) is 0 Å². The highest BCUT2D eigenvalue weighted by Crippen LogP contribution is 2.32. The largest absolute Gasteiger partial charge is 0.480 e. The fourth-order valence-corrected chi connectivity index (χ4v) is 1.13. The second-order valence-electron chi connectivity index (χ2n) is 3.57. The maximum Gasteiger partial charge on any atom is 0.320 e.